The molecule has 1 atom stereocenters. The van der Waals surface area contributed by atoms with Gasteiger partial charge in [-0.2, -0.15) is 0 Å². The van der Waals surface area contributed by atoms with E-state index >= 15 is 0 Å². The highest BCUT2D eigenvalue weighted by Crippen LogP contribution is 2.23. The smallest absolute Gasteiger partial charge is 0.0132 e. The number of rotatable bonds is 11. The number of hydrogen-bond donors (Lipinski definition) is 0. The Kier molecular flexibility index (Phi) is 48.1. The molecular formula is C111H150. The SMILES string of the molecule is CCC(C)c1ccc(C)cc1.CCCCc1ccc(C)cc1.CCCc1ccc(C)cc1.CCc1ccc(C)cc1.Cc1cc(C)c(C)c(C)c1.Cc1cc(C)cc(C)c1.Cc1ccc(C(C)(C)C)cc1.Cc1ccc(C(C)C)cc1.Cc1ccc(C)cc1.Cc1ccc(CC(C)C)cc1.Cc1cccc2ccccc12. The van der Waals surface area contributed by atoms with Crippen molar-refractivity contribution in [1.82, 2.24) is 0 Å². The van der Waals surface area contributed by atoms with Crippen molar-refractivity contribution in [2.24, 2.45) is 5.92 Å². The molecule has 594 valence electrons. The Balaban J connectivity index is 0.000000415. The molecule has 0 spiro atoms. The van der Waals surface area contributed by atoms with Gasteiger partial charge in [0.1, 0.15) is 0 Å². The third-order valence-electron chi connectivity index (χ3n) is 19.5. The third kappa shape index (κ3) is 44.5. The van der Waals surface area contributed by atoms with Crippen molar-refractivity contribution in [3.05, 3.63) is 400 Å². The van der Waals surface area contributed by atoms with Crippen LogP contribution in [0.5, 0.6) is 0 Å². The average molecular weight is 1480 g/mol. The van der Waals surface area contributed by atoms with Crippen LogP contribution in [0.3, 0.4) is 0 Å². The van der Waals surface area contributed by atoms with Crippen molar-refractivity contribution < 1.29 is 0 Å². The van der Waals surface area contributed by atoms with Crippen LogP contribution in [0.1, 0.15) is 254 Å². The largest absolute Gasteiger partial charge is 0.0654 e. The van der Waals surface area contributed by atoms with Crippen LogP contribution < -0.4 is 0 Å². The van der Waals surface area contributed by atoms with E-state index in [-0.39, 0.29) is 5.41 Å². The van der Waals surface area contributed by atoms with Gasteiger partial charge in [-0.25, -0.2) is 0 Å². The van der Waals surface area contributed by atoms with Gasteiger partial charge in [0, 0.05) is 0 Å². The summed E-state index contributed by atoms with van der Waals surface area (Å²) in [4.78, 5) is 0. The molecule has 0 aliphatic heterocycles. The molecule has 0 bridgehead atoms. The quantitative estimate of drug-likeness (QED) is 0.121. The number of benzene rings is 12. The van der Waals surface area contributed by atoms with E-state index < -0.39 is 0 Å². The average Bonchev–Trinajstić information content (AvgIpc) is 0.836. The molecule has 0 radical (unpaired) electrons. The molecule has 0 fully saturated rings. The molecule has 12 aromatic carbocycles. The molecule has 0 saturated heterocycles. The first-order valence-electron chi connectivity index (χ1n) is 41.6. The topological polar surface area (TPSA) is 0 Å². The predicted molar refractivity (Wildman–Crippen MR) is 501 cm³/mol. The van der Waals surface area contributed by atoms with Crippen molar-refractivity contribution in [2.75, 3.05) is 0 Å². The Morgan fingerprint density at radius 3 is 0.946 bits per heavy atom. The van der Waals surface area contributed by atoms with Crippen molar-refractivity contribution in [2.45, 2.75) is 269 Å². The lowest BCUT2D eigenvalue weighted by molar-refractivity contribution is 0.590. The normalized spacial score (nSPS) is 10.4. The summed E-state index contributed by atoms with van der Waals surface area (Å²) in [7, 11) is 0. The highest BCUT2D eigenvalue weighted by atomic mass is 14.2. The van der Waals surface area contributed by atoms with Crippen LogP contribution in [-0.2, 0) is 31.1 Å². The van der Waals surface area contributed by atoms with Crippen molar-refractivity contribution in [3.63, 3.8) is 0 Å². The summed E-state index contributed by atoms with van der Waals surface area (Å²) in [6.45, 7) is 62.9. The van der Waals surface area contributed by atoms with E-state index in [9.17, 15) is 0 Å². The molecule has 0 aromatic heterocycles. The fraction of sp³-hybridized carbons (Fsp3) is 0.369. The molecular weight excluding hydrogens is 1330 g/mol. The van der Waals surface area contributed by atoms with Gasteiger partial charge in [-0.05, 0) is 251 Å². The van der Waals surface area contributed by atoms with Crippen molar-refractivity contribution >= 4 is 10.8 Å². The highest BCUT2D eigenvalue weighted by Gasteiger charge is 2.12. The Morgan fingerprint density at radius 1 is 0.279 bits per heavy atom. The van der Waals surface area contributed by atoms with Crippen LogP contribution >= 0.6 is 0 Å². The first-order chi connectivity index (χ1) is 52.5. The fourth-order valence-corrected chi connectivity index (χ4v) is 11.8. The lowest BCUT2D eigenvalue weighted by Gasteiger charge is -2.18. The van der Waals surface area contributed by atoms with Crippen molar-refractivity contribution in [1.29, 1.82) is 0 Å². The molecule has 0 aliphatic carbocycles. The first-order valence-corrected chi connectivity index (χ1v) is 41.6. The summed E-state index contributed by atoms with van der Waals surface area (Å²) in [5.41, 5.74) is 33.4. The zero-order valence-electron chi connectivity index (χ0n) is 75.3. The van der Waals surface area contributed by atoms with E-state index in [1.165, 1.54) is 189 Å². The van der Waals surface area contributed by atoms with Crippen LogP contribution in [0.2, 0.25) is 0 Å². The maximum Gasteiger partial charge on any atom is -0.0132 e. The molecule has 0 N–H and O–H groups in total. The summed E-state index contributed by atoms with van der Waals surface area (Å²) in [6.07, 6.45) is 9.83. The van der Waals surface area contributed by atoms with E-state index in [0.717, 1.165) is 12.3 Å². The van der Waals surface area contributed by atoms with Crippen LogP contribution in [0.15, 0.2) is 267 Å². The second kappa shape index (κ2) is 54.5. The summed E-state index contributed by atoms with van der Waals surface area (Å²) in [6, 6.07) is 95.6. The molecule has 111 heavy (non-hydrogen) atoms. The van der Waals surface area contributed by atoms with E-state index in [4.69, 9.17) is 0 Å². The Bertz CT molecular complexity index is 4260. The van der Waals surface area contributed by atoms with Crippen LogP contribution in [-0.4, -0.2) is 0 Å². The van der Waals surface area contributed by atoms with Crippen LogP contribution in [0.25, 0.3) is 10.8 Å². The number of aryl methyl sites for hydroxylation is 19. The molecule has 0 saturated carbocycles. The van der Waals surface area contributed by atoms with E-state index in [2.05, 4.69) is 468 Å². The molecule has 0 heterocycles. The maximum absolute atomic E-state index is 2.27. The van der Waals surface area contributed by atoms with Gasteiger partial charge in [0.05, 0.1) is 0 Å². The minimum Gasteiger partial charge on any atom is -0.0654 e. The number of unbranched alkanes of at least 4 members (excludes halogenated alkanes) is 1. The van der Waals surface area contributed by atoms with E-state index in [1.807, 2.05) is 0 Å². The van der Waals surface area contributed by atoms with Gasteiger partial charge in [0.25, 0.3) is 0 Å². The lowest BCUT2D eigenvalue weighted by Crippen LogP contribution is -2.10. The standard InChI is InChI=1S/C11H10.4C11H16.3C10H14.2C9H12.C8H10/c1-9-5-4-7-10-6-2-3-8-11(9)10;1-9-5-7-10(8-6-9)11(2,3)4;1-9(2)8-11-6-4-10(3)5-7-11;1-4-10(3)11-7-5-9(2)6-8-11;1-3-4-5-11-8-6-10(2)7-9-11;1-7-5-8(2)10(4)9(3)6-7;1-8(2)10-6-4-9(3)5-7-10;1-3-4-10-7-5-9(2)6-8-10;1-7-4-8(2)6-9(3)5-7;1-3-9-6-4-8(2)5-7-9;1-7-3-5-8(2)6-4-7/h2-8H,1H3;5-8H,1-4H3;4-7,9H,8H2,1-3H3;5-8,10H,4H2,1-3H3;6-9H,3-5H2,1-2H3;5-6H,1-4H3;4-8H,1-3H3;5-8H,3-4H2,1-2H3;4-6H,1-3H3;4-7H,3H2,1-2H3;3-6H,1-2H3. The zero-order valence-corrected chi connectivity index (χ0v) is 75.3. The van der Waals surface area contributed by atoms with Gasteiger partial charge < -0.3 is 0 Å². The van der Waals surface area contributed by atoms with Crippen LogP contribution in [0, 0.1) is 124 Å². The molecule has 12 aromatic rings. The maximum atomic E-state index is 2.27. The van der Waals surface area contributed by atoms with Gasteiger partial charge in [0.15, 0.2) is 0 Å². The minimum atomic E-state index is 0.285. The predicted octanol–water partition coefficient (Wildman–Crippen LogP) is 32.9. The Labute approximate surface area is 682 Å². The van der Waals surface area contributed by atoms with E-state index in [0.29, 0.717) is 11.8 Å². The van der Waals surface area contributed by atoms with Gasteiger partial charge in [-0.1, -0.05) is 435 Å². The molecule has 1 unspecified atom stereocenters. The molecule has 12 rings (SSSR count). The van der Waals surface area contributed by atoms with Crippen molar-refractivity contribution in [3.8, 4) is 0 Å². The zero-order chi connectivity index (χ0) is 83.0. The second-order valence-electron chi connectivity index (χ2n) is 32.8. The summed E-state index contributed by atoms with van der Waals surface area (Å²) < 4.78 is 0. The second-order valence-corrected chi connectivity index (χ2v) is 32.8. The minimum absolute atomic E-state index is 0.285. The molecule has 0 amide bonds. The van der Waals surface area contributed by atoms with Gasteiger partial charge in [-0.3, -0.25) is 0 Å². The van der Waals surface area contributed by atoms with Gasteiger partial charge in [-0.15, -0.1) is 0 Å². The van der Waals surface area contributed by atoms with Gasteiger partial charge in [0.2, 0.25) is 0 Å². The number of hydrogen-bond acceptors (Lipinski definition) is 0. The van der Waals surface area contributed by atoms with Crippen LogP contribution in [0.4, 0.5) is 0 Å². The van der Waals surface area contributed by atoms with Gasteiger partial charge >= 0.3 is 0 Å². The highest BCUT2D eigenvalue weighted by molar-refractivity contribution is 5.85. The fourth-order valence-electron chi connectivity index (χ4n) is 11.8. The molecule has 0 heteroatoms. The monoisotopic (exact) mass is 1480 g/mol. The van der Waals surface area contributed by atoms with E-state index in [1.54, 1.807) is 0 Å². The lowest BCUT2D eigenvalue weighted by atomic mass is 9.87. The summed E-state index contributed by atoms with van der Waals surface area (Å²) in [5, 5.41) is 2.68. The molecule has 0 aliphatic rings. The summed E-state index contributed by atoms with van der Waals surface area (Å²) >= 11 is 0. The first kappa shape index (κ1) is 98.0. The number of fused-ring (bicyclic) bond motifs is 1. The Hall–Kier alpha value is -9.10. The summed E-state index contributed by atoms with van der Waals surface area (Å²) in [5.74, 6) is 2.12. The third-order valence-corrected chi connectivity index (χ3v) is 19.5. The Morgan fingerprint density at radius 2 is 0.604 bits per heavy atom. The molecule has 0 nitrogen and oxygen atoms in total.